The van der Waals surface area contributed by atoms with Gasteiger partial charge in [0.2, 0.25) is 5.91 Å². The van der Waals surface area contributed by atoms with Crippen LogP contribution in [0.15, 0.2) is 78.0 Å². The van der Waals surface area contributed by atoms with Crippen LogP contribution in [0.1, 0.15) is 16.7 Å². The Labute approximate surface area is 186 Å². The summed E-state index contributed by atoms with van der Waals surface area (Å²) in [4.78, 5) is 12.6. The lowest BCUT2D eigenvalue weighted by Crippen LogP contribution is -2.14. The van der Waals surface area contributed by atoms with Crippen LogP contribution in [0, 0.1) is 20.8 Å². The zero-order valence-electron chi connectivity index (χ0n) is 17.8. The molecule has 0 fully saturated rings. The van der Waals surface area contributed by atoms with Gasteiger partial charge in [-0.25, -0.2) is 0 Å². The molecule has 3 aromatic carbocycles. The third-order valence-electron chi connectivity index (χ3n) is 5.05. The molecule has 1 heterocycles. The van der Waals surface area contributed by atoms with Gasteiger partial charge in [0.1, 0.15) is 0 Å². The van der Waals surface area contributed by atoms with Gasteiger partial charge in [0.25, 0.3) is 0 Å². The lowest BCUT2D eigenvalue weighted by molar-refractivity contribution is -0.113. The van der Waals surface area contributed by atoms with Crippen molar-refractivity contribution in [2.45, 2.75) is 25.9 Å². The summed E-state index contributed by atoms with van der Waals surface area (Å²) in [6.45, 7) is 6.15. The molecule has 0 aliphatic carbocycles. The quantitative estimate of drug-likeness (QED) is 0.407. The topological polar surface area (TPSA) is 59.8 Å². The third kappa shape index (κ3) is 4.86. The molecule has 5 nitrogen and oxygen atoms in total. The molecule has 0 aliphatic rings. The van der Waals surface area contributed by atoms with Crippen LogP contribution in [0.4, 0.5) is 5.69 Å². The largest absolute Gasteiger partial charge is 0.325 e. The summed E-state index contributed by atoms with van der Waals surface area (Å²) < 4.78 is 2.00. The number of rotatable bonds is 6. The monoisotopic (exact) mass is 428 g/mol. The lowest BCUT2D eigenvalue weighted by atomic mass is 10.1. The Balaban J connectivity index is 1.58. The van der Waals surface area contributed by atoms with Gasteiger partial charge in [-0.3, -0.25) is 9.36 Å². The number of hydrogen-bond donors (Lipinski definition) is 1. The number of aromatic nitrogens is 3. The molecule has 0 aliphatic heterocycles. The molecule has 1 aromatic heterocycles. The molecule has 0 atom stereocenters. The third-order valence-corrected chi connectivity index (χ3v) is 5.98. The minimum atomic E-state index is -0.0760. The maximum Gasteiger partial charge on any atom is 0.234 e. The Morgan fingerprint density at radius 3 is 2.45 bits per heavy atom. The number of aryl methyl sites for hydroxylation is 3. The van der Waals surface area contributed by atoms with Crippen molar-refractivity contribution in [3.05, 3.63) is 89.5 Å². The summed E-state index contributed by atoms with van der Waals surface area (Å²) in [5.74, 6) is 0.922. The highest BCUT2D eigenvalue weighted by Gasteiger charge is 2.17. The number of hydrogen-bond acceptors (Lipinski definition) is 4. The fourth-order valence-electron chi connectivity index (χ4n) is 3.29. The Bertz CT molecular complexity index is 1220. The average molecular weight is 429 g/mol. The zero-order valence-corrected chi connectivity index (χ0v) is 18.6. The average Bonchev–Trinajstić information content (AvgIpc) is 3.19. The molecule has 0 saturated carbocycles. The van der Waals surface area contributed by atoms with Gasteiger partial charge in [-0.2, -0.15) is 0 Å². The standard InChI is InChI=1S/C25H24N4OS/c1-17-8-7-9-20(14-17)24-27-28-25(29(24)22-10-5-4-6-11-22)31-16-23(30)26-21-13-12-18(2)19(3)15-21/h4-15H,16H2,1-3H3,(H,26,30). The SMILES string of the molecule is Cc1cccc(-c2nnc(SCC(=O)Nc3ccc(C)c(C)c3)n2-c2ccccc2)c1. The van der Waals surface area contributed by atoms with Crippen molar-refractivity contribution in [3.63, 3.8) is 0 Å². The van der Waals surface area contributed by atoms with Gasteiger partial charge in [-0.05, 0) is 62.2 Å². The molecule has 4 aromatic rings. The summed E-state index contributed by atoms with van der Waals surface area (Å²) in [7, 11) is 0. The molecule has 0 bridgehead atoms. The number of thioether (sulfide) groups is 1. The zero-order chi connectivity index (χ0) is 21.8. The first-order valence-electron chi connectivity index (χ1n) is 10.1. The van der Waals surface area contributed by atoms with Crippen molar-refractivity contribution < 1.29 is 4.79 Å². The first-order chi connectivity index (χ1) is 15.0. The number of para-hydroxylation sites is 1. The normalized spacial score (nSPS) is 10.8. The van der Waals surface area contributed by atoms with Gasteiger partial charge < -0.3 is 5.32 Å². The van der Waals surface area contributed by atoms with Crippen molar-refractivity contribution in [3.8, 4) is 17.1 Å². The molecular weight excluding hydrogens is 404 g/mol. The molecule has 4 rings (SSSR count). The summed E-state index contributed by atoms with van der Waals surface area (Å²) in [5, 5.41) is 12.5. The van der Waals surface area contributed by atoms with Crippen LogP contribution >= 0.6 is 11.8 Å². The Morgan fingerprint density at radius 2 is 1.71 bits per heavy atom. The van der Waals surface area contributed by atoms with Crippen LogP contribution in [0.5, 0.6) is 0 Å². The van der Waals surface area contributed by atoms with Crippen LogP contribution in [0.2, 0.25) is 0 Å². The van der Waals surface area contributed by atoms with Crippen LogP contribution < -0.4 is 5.32 Å². The molecule has 0 spiro atoms. The van der Waals surface area contributed by atoms with Crippen LogP contribution in [-0.4, -0.2) is 26.4 Å². The van der Waals surface area contributed by atoms with E-state index in [0.29, 0.717) is 5.16 Å². The predicted octanol–water partition coefficient (Wildman–Crippen LogP) is 5.59. The predicted molar refractivity (Wildman–Crippen MR) is 127 cm³/mol. The van der Waals surface area contributed by atoms with E-state index in [-0.39, 0.29) is 11.7 Å². The van der Waals surface area contributed by atoms with E-state index in [1.165, 1.54) is 17.3 Å². The number of nitrogens with zero attached hydrogens (tertiary/aromatic N) is 3. The Hall–Kier alpha value is -3.38. The second-order valence-electron chi connectivity index (χ2n) is 7.48. The van der Waals surface area contributed by atoms with E-state index in [9.17, 15) is 4.79 Å². The number of carbonyl (C=O) groups is 1. The highest BCUT2D eigenvalue weighted by molar-refractivity contribution is 7.99. The highest BCUT2D eigenvalue weighted by Crippen LogP contribution is 2.28. The van der Waals surface area contributed by atoms with E-state index in [2.05, 4.69) is 41.5 Å². The molecule has 31 heavy (non-hydrogen) atoms. The number of carbonyl (C=O) groups excluding carboxylic acids is 1. The number of benzene rings is 3. The highest BCUT2D eigenvalue weighted by atomic mass is 32.2. The summed E-state index contributed by atoms with van der Waals surface area (Å²) >= 11 is 1.37. The maximum absolute atomic E-state index is 12.6. The van der Waals surface area contributed by atoms with E-state index in [0.717, 1.165) is 33.9 Å². The van der Waals surface area contributed by atoms with E-state index in [4.69, 9.17) is 0 Å². The van der Waals surface area contributed by atoms with Gasteiger partial charge in [0.15, 0.2) is 11.0 Å². The van der Waals surface area contributed by atoms with Crippen molar-refractivity contribution in [2.75, 3.05) is 11.1 Å². The molecule has 156 valence electrons. The second-order valence-corrected chi connectivity index (χ2v) is 8.43. The van der Waals surface area contributed by atoms with Gasteiger partial charge in [-0.1, -0.05) is 59.8 Å². The smallest absolute Gasteiger partial charge is 0.234 e. The Kier molecular flexibility index (Phi) is 6.18. The van der Waals surface area contributed by atoms with E-state index in [1.54, 1.807) is 0 Å². The van der Waals surface area contributed by atoms with E-state index >= 15 is 0 Å². The molecule has 0 unspecified atom stereocenters. The van der Waals surface area contributed by atoms with E-state index in [1.807, 2.05) is 72.2 Å². The van der Waals surface area contributed by atoms with Crippen molar-refractivity contribution in [2.24, 2.45) is 0 Å². The van der Waals surface area contributed by atoms with Gasteiger partial charge in [-0.15, -0.1) is 10.2 Å². The fourth-order valence-corrected chi connectivity index (χ4v) is 4.04. The lowest BCUT2D eigenvalue weighted by Gasteiger charge is -2.11. The molecular formula is C25H24N4OS. The Morgan fingerprint density at radius 1 is 0.903 bits per heavy atom. The first kappa shape index (κ1) is 20.9. The van der Waals surface area contributed by atoms with Gasteiger partial charge in [0, 0.05) is 16.9 Å². The summed E-state index contributed by atoms with van der Waals surface area (Å²) in [6.07, 6.45) is 0. The molecule has 0 saturated heterocycles. The molecule has 1 amide bonds. The van der Waals surface area contributed by atoms with Crippen LogP contribution in [-0.2, 0) is 4.79 Å². The minimum absolute atomic E-state index is 0.0760. The van der Waals surface area contributed by atoms with Crippen molar-refractivity contribution >= 4 is 23.4 Å². The minimum Gasteiger partial charge on any atom is -0.325 e. The molecule has 0 radical (unpaired) electrons. The van der Waals surface area contributed by atoms with Crippen LogP contribution in [0.3, 0.4) is 0 Å². The second kappa shape index (κ2) is 9.18. The summed E-state index contributed by atoms with van der Waals surface area (Å²) in [6, 6.07) is 24.1. The van der Waals surface area contributed by atoms with Gasteiger partial charge in [0.05, 0.1) is 5.75 Å². The van der Waals surface area contributed by atoms with E-state index < -0.39 is 0 Å². The van der Waals surface area contributed by atoms with Crippen molar-refractivity contribution in [1.82, 2.24) is 14.8 Å². The number of anilines is 1. The first-order valence-corrected chi connectivity index (χ1v) is 11.1. The number of nitrogens with one attached hydrogen (secondary N) is 1. The number of amides is 1. The van der Waals surface area contributed by atoms with Crippen molar-refractivity contribution in [1.29, 1.82) is 0 Å². The maximum atomic E-state index is 12.6. The molecule has 1 N–H and O–H groups in total. The molecule has 6 heteroatoms. The fraction of sp³-hybridized carbons (Fsp3) is 0.160. The van der Waals surface area contributed by atoms with Gasteiger partial charge >= 0.3 is 0 Å². The summed E-state index contributed by atoms with van der Waals surface area (Å²) in [5.41, 5.74) is 6.26. The van der Waals surface area contributed by atoms with Crippen LogP contribution in [0.25, 0.3) is 17.1 Å².